The van der Waals surface area contributed by atoms with Crippen LogP contribution in [-0.4, -0.2) is 26.6 Å². The Morgan fingerprint density at radius 2 is 2.18 bits per heavy atom. The largest absolute Gasteiger partial charge is 0.436 e. The number of rotatable bonds is 4. The van der Waals surface area contributed by atoms with Gasteiger partial charge in [-0.05, 0) is 14.0 Å². The fourth-order valence-electron chi connectivity index (χ4n) is 1.75. The Bertz CT molecular complexity index is 514. The standard InChI is InChI=1S/C11H17N5O/c1-8-10(6-12-2)11(16(4)14-8)17-9-5-13-15(3)7-9/h5,7,12H,6H2,1-4H3. The van der Waals surface area contributed by atoms with Gasteiger partial charge < -0.3 is 10.1 Å². The predicted octanol–water partition coefficient (Wildman–Crippen LogP) is 0.974. The van der Waals surface area contributed by atoms with E-state index in [1.807, 2.05) is 34.3 Å². The van der Waals surface area contributed by atoms with Gasteiger partial charge in [-0.15, -0.1) is 0 Å². The topological polar surface area (TPSA) is 56.9 Å². The van der Waals surface area contributed by atoms with Gasteiger partial charge in [-0.3, -0.25) is 4.68 Å². The fraction of sp³-hybridized carbons (Fsp3) is 0.455. The molecule has 0 bridgehead atoms. The molecule has 2 heterocycles. The zero-order valence-electron chi connectivity index (χ0n) is 10.6. The van der Waals surface area contributed by atoms with Gasteiger partial charge in [-0.2, -0.15) is 10.2 Å². The predicted molar refractivity (Wildman–Crippen MR) is 64.0 cm³/mol. The Morgan fingerprint density at radius 1 is 1.41 bits per heavy atom. The Balaban J connectivity index is 2.31. The van der Waals surface area contributed by atoms with Crippen LogP contribution in [0.3, 0.4) is 0 Å². The van der Waals surface area contributed by atoms with Crippen LogP contribution in [-0.2, 0) is 20.6 Å². The monoisotopic (exact) mass is 235 g/mol. The van der Waals surface area contributed by atoms with Crippen LogP contribution in [0.25, 0.3) is 0 Å². The molecule has 0 aliphatic heterocycles. The number of hydrogen-bond acceptors (Lipinski definition) is 4. The highest BCUT2D eigenvalue weighted by atomic mass is 16.5. The summed E-state index contributed by atoms with van der Waals surface area (Å²) in [6.45, 7) is 2.71. The summed E-state index contributed by atoms with van der Waals surface area (Å²) in [4.78, 5) is 0. The minimum absolute atomic E-state index is 0.716. The SMILES string of the molecule is CNCc1c(C)nn(C)c1Oc1cnn(C)c1. The molecule has 6 nitrogen and oxygen atoms in total. The van der Waals surface area contributed by atoms with Gasteiger partial charge in [0.05, 0.1) is 23.7 Å². The lowest BCUT2D eigenvalue weighted by Crippen LogP contribution is -2.07. The maximum Gasteiger partial charge on any atom is 0.222 e. The van der Waals surface area contributed by atoms with Crippen LogP contribution < -0.4 is 10.1 Å². The van der Waals surface area contributed by atoms with Crippen LogP contribution in [0, 0.1) is 6.92 Å². The molecule has 0 aliphatic carbocycles. The van der Waals surface area contributed by atoms with Gasteiger partial charge in [0, 0.05) is 20.6 Å². The normalized spacial score (nSPS) is 10.8. The zero-order chi connectivity index (χ0) is 12.4. The molecule has 0 aliphatic rings. The molecule has 0 spiro atoms. The highest BCUT2D eigenvalue weighted by molar-refractivity contribution is 5.34. The number of nitrogens with zero attached hydrogens (tertiary/aromatic N) is 4. The summed E-state index contributed by atoms with van der Waals surface area (Å²) >= 11 is 0. The van der Waals surface area contributed by atoms with Gasteiger partial charge in [0.1, 0.15) is 0 Å². The summed E-state index contributed by atoms with van der Waals surface area (Å²) in [5, 5.41) is 11.5. The van der Waals surface area contributed by atoms with Crippen molar-refractivity contribution in [2.45, 2.75) is 13.5 Å². The van der Waals surface area contributed by atoms with E-state index in [4.69, 9.17) is 4.74 Å². The van der Waals surface area contributed by atoms with Crippen molar-refractivity contribution in [1.82, 2.24) is 24.9 Å². The van der Waals surface area contributed by atoms with Crippen molar-refractivity contribution in [2.24, 2.45) is 14.1 Å². The van der Waals surface area contributed by atoms with E-state index in [2.05, 4.69) is 15.5 Å². The second-order valence-corrected chi connectivity index (χ2v) is 3.97. The maximum atomic E-state index is 5.81. The van der Waals surface area contributed by atoms with Crippen molar-refractivity contribution in [3.05, 3.63) is 23.7 Å². The van der Waals surface area contributed by atoms with Crippen molar-refractivity contribution >= 4 is 0 Å². The molecule has 0 fully saturated rings. The Morgan fingerprint density at radius 3 is 2.76 bits per heavy atom. The van der Waals surface area contributed by atoms with Crippen molar-refractivity contribution in [2.75, 3.05) is 7.05 Å². The van der Waals surface area contributed by atoms with Crippen LogP contribution >= 0.6 is 0 Å². The number of hydrogen-bond donors (Lipinski definition) is 1. The summed E-state index contributed by atoms with van der Waals surface area (Å²) in [5.74, 6) is 1.47. The molecule has 92 valence electrons. The van der Waals surface area contributed by atoms with Crippen LogP contribution in [0.2, 0.25) is 0 Å². The number of ether oxygens (including phenoxy) is 1. The summed E-state index contributed by atoms with van der Waals surface area (Å²) in [6.07, 6.45) is 3.51. The summed E-state index contributed by atoms with van der Waals surface area (Å²) in [6, 6.07) is 0. The van der Waals surface area contributed by atoms with E-state index < -0.39 is 0 Å². The fourth-order valence-corrected chi connectivity index (χ4v) is 1.75. The van der Waals surface area contributed by atoms with Crippen LogP contribution in [0.1, 0.15) is 11.3 Å². The molecule has 0 saturated carbocycles. The minimum Gasteiger partial charge on any atom is -0.436 e. The molecular weight excluding hydrogens is 218 g/mol. The second kappa shape index (κ2) is 4.58. The molecule has 6 heteroatoms. The van der Waals surface area contributed by atoms with E-state index in [0.29, 0.717) is 5.75 Å². The highest BCUT2D eigenvalue weighted by Gasteiger charge is 2.15. The molecule has 0 saturated heterocycles. The van der Waals surface area contributed by atoms with Crippen LogP contribution in [0.15, 0.2) is 12.4 Å². The van der Waals surface area contributed by atoms with Crippen molar-refractivity contribution < 1.29 is 4.74 Å². The summed E-state index contributed by atoms with van der Waals surface area (Å²) < 4.78 is 9.26. The molecule has 0 amide bonds. The number of nitrogens with one attached hydrogen (secondary N) is 1. The number of aryl methyl sites for hydroxylation is 3. The molecule has 0 aromatic carbocycles. The van der Waals surface area contributed by atoms with Crippen LogP contribution in [0.4, 0.5) is 0 Å². The first kappa shape index (κ1) is 11.7. The van der Waals surface area contributed by atoms with E-state index in [0.717, 1.165) is 23.7 Å². The molecule has 0 atom stereocenters. The maximum absolute atomic E-state index is 5.81. The van der Waals surface area contributed by atoms with Crippen LogP contribution in [0.5, 0.6) is 11.6 Å². The first-order valence-corrected chi connectivity index (χ1v) is 5.45. The Kier molecular flexibility index (Phi) is 3.14. The zero-order valence-corrected chi connectivity index (χ0v) is 10.6. The third-order valence-corrected chi connectivity index (χ3v) is 2.54. The van der Waals surface area contributed by atoms with Gasteiger partial charge in [-0.1, -0.05) is 0 Å². The summed E-state index contributed by atoms with van der Waals surface area (Å²) in [7, 11) is 5.63. The summed E-state index contributed by atoms with van der Waals surface area (Å²) in [5.41, 5.74) is 2.04. The van der Waals surface area contributed by atoms with E-state index in [1.165, 1.54) is 0 Å². The van der Waals surface area contributed by atoms with Gasteiger partial charge in [0.25, 0.3) is 0 Å². The van der Waals surface area contributed by atoms with E-state index in [1.54, 1.807) is 15.6 Å². The van der Waals surface area contributed by atoms with E-state index >= 15 is 0 Å². The van der Waals surface area contributed by atoms with Crippen molar-refractivity contribution in [3.63, 3.8) is 0 Å². The molecule has 0 unspecified atom stereocenters. The van der Waals surface area contributed by atoms with Crippen molar-refractivity contribution in [3.8, 4) is 11.6 Å². The first-order chi connectivity index (χ1) is 8.11. The molecule has 0 radical (unpaired) electrons. The highest BCUT2D eigenvalue weighted by Crippen LogP contribution is 2.26. The second-order valence-electron chi connectivity index (χ2n) is 3.97. The lowest BCUT2D eigenvalue weighted by atomic mass is 10.2. The third-order valence-electron chi connectivity index (χ3n) is 2.54. The van der Waals surface area contributed by atoms with Crippen molar-refractivity contribution in [1.29, 1.82) is 0 Å². The average molecular weight is 235 g/mol. The van der Waals surface area contributed by atoms with Gasteiger partial charge >= 0.3 is 0 Å². The van der Waals surface area contributed by atoms with Gasteiger partial charge in [-0.25, -0.2) is 4.68 Å². The molecule has 2 aromatic heterocycles. The molecule has 2 rings (SSSR count). The average Bonchev–Trinajstić information content (AvgIpc) is 2.78. The lowest BCUT2D eigenvalue weighted by Gasteiger charge is -2.06. The lowest BCUT2D eigenvalue weighted by molar-refractivity contribution is 0.424. The Labute approximate surface area is 100 Å². The number of aromatic nitrogens is 4. The molecular formula is C11H17N5O. The quantitative estimate of drug-likeness (QED) is 0.858. The Hall–Kier alpha value is -1.82. The third kappa shape index (κ3) is 2.31. The van der Waals surface area contributed by atoms with E-state index in [9.17, 15) is 0 Å². The van der Waals surface area contributed by atoms with Gasteiger partial charge in [0.15, 0.2) is 5.75 Å². The molecule has 2 aromatic rings. The molecule has 1 N–H and O–H groups in total. The first-order valence-electron chi connectivity index (χ1n) is 5.45. The van der Waals surface area contributed by atoms with Gasteiger partial charge in [0.2, 0.25) is 5.88 Å². The minimum atomic E-state index is 0.716. The molecule has 17 heavy (non-hydrogen) atoms. The van der Waals surface area contributed by atoms with E-state index in [-0.39, 0.29) is 0 Å². The smallest absolute Gasteiger partial charge is 0.222 e.